The van der Waals surface area contributed by atoms with Gasteiger partial charge in [-0.2, -0.15) is 0 Å². The van der Waals surface area contributed by atoms with Gasteiger partial charge in [0.05, 0.1) is 0 Å². The second-order valence-corrected chi connectivity index (χ2v) is 8.12. The zero-order chi connectivity index (χ0) is 22.2. The third kappa shape index (κ3) is 6.06. The molecule has 0 aliphatic rings. The molecule has 4 aromatic rings. The van der Waals surface area contributed by atoms with Crippen molar-refractivity contribution < 1.29 is 0 Å². The Balaban J connectivity index is 1.40. The Morgan fingerprint density at radius 3 is 1.06 bits per heavy atom. The largest absolute Gasteiger partial charge is 0.0617 e. The number of hydrogen-bond acceptors (Lipinski definition) is 0. The average molecular weight is 413 g/mol. The molecule has 0 unspecified atom stereocenters. The summed E-state index contributed by atoms with van der Waals surface area (Å²) in [6.07, 6.45) is 16.9. The molecule has 0 saturated carbocycles. The minimum absolute atomic E-state index is 1.20. The summed E-state index contributed by atoms with van der Waals surface area (Å²) >= 11 is 0. The van der Waals surface area contributed by atoms with E-state index in [9.17, 15) is 0 Å². The maximum absolute atomic E-state index is 2.23. The lowest BCUT2D eigenvalue weighted by molar-refractivity contribution is 1.46. The van der Waals surface area contributed by atoms with Crippen molar-refractivity contribution in [2.24, 2.45) is 0 Å². The maximum Gasteiger partial charge on any atom is -0.0178 e. The normalized spacial score (nSPS) is 12.2. The van der Waals surface area contributed by atoms with E-state index in [0.717, 1.165) is 0 Å². The van der Waals surface area contributed by atoms with Crippen LogP contribution in [0.3, 0.4) is 0 Å². The van der Waals surface area contributed by atoms with Gasteiger partial charge in [-0.15, -0.1) is 0 Å². The molecule has 0 atom stereocenters. The first-order valence-electron chi connectivity index (χ1n) is 11.0. The molecule has 4 rings (SSSR count). The van der Waals surface area contributed by atoms with Gasteiger partial charge in [0.15, 0.2) is 0 Å². The van der Waals surface area contributed by atoms with Gasteiger partial charge < -0.3 is 0 Å². The van der Waals surface area contributed by atoms with Crippen LogP contribution in [0.4, 0.5) is 0 Å². The van der Waals surface area contributed by atoms with Gasteiger partial charge in [0.25, 0.3) is 0 Å². The predicted octanol–water partition coefficient (Wildman–Crippen LogP) is 8.91. The number of fused-ring (bicyclic) bond motifs is 1. The molecule has 0 radical (unpaired) electrons. The summed E-state index contributed by atoms with van der Waals surface area (Å²) < 4.78 is 0. The predicted molar refractivity (Wildman–Crippen MR) is 142 cm³/mol. The summed E-state index contributed by atoms with van der Waals surface area (Å²) in [4.78, 5) is 0. The van der Waals surface area contributed by atoms with Crippen molar-refractivity contribution in [1.29, 1.82) is 0 Å². The lowest BCUT2D eigenvalue weighted by Gasteiger charge is -2.01. The van der Waals surface area contributed by atoms with Gasteiger partial charge >= 0.3 is 0 Å². The molecule has 0 nitrogen and oxygen atoms in total. The molecular weight excluding hydrogens is 384 g/mol. The lowest BCUT2D eigenvalue weighted by Crippen LogP contribution is -1.78. The molecule has 0 saturated heterocycles. The van der Waals surface area contributed by atoms with E-state index < -0.39 is 0 Å². The van der Waals surface area contributed by atoms with E-state index in [1.807, 2.05) is 0 Å². The number of aryl methyl sites for hydroxylation is 2. The highest BCUT2D eigenvalue weighted by molar-refractivity contribution is 5.87. The third-order valence-electron chi connectivity index (χ3n) is 5.42. The first kappa shape index (κ1) is 21.3. The Bertz CT molecular complexity index is 1190. The molecule has 0 aromatic heterocycles. The first-order chi connectivity index (χ1) is 15.7. The molecule has 0 aliphatic carbocycles. The Morgan fingerprint density at radius 2 is 0.688 bits per heavy atom. The van der Waals surface area contributed by atoms with Crippen LogP contribution < -0.4 is 0 Å². The number of allylic oxidation sites excluding steroid dienone is 4. The summed E-state index contributed by atoms with van der Waals surface area (Å²) in [5, 5.41) is 2.50. The molecular formula is C32H28. The van der Waals surface area contributed by atoms with Crippen LogP contribution in [0, 0.1) is 13.8 Å². The molecule has 0 amide bonds. The van der Waals surface area contributed by atoms with E-state index in [1.54, 1.807) is 0 Å². The second-order valence-electron chi connectivity index (χ2n) is 8.12. The Hall–Kier alpha value is -3.90. The van der Waals surface area contributed by atoms with Gasteiger partial charge in [0.1, 0.15) is 0 Å². The fraction of sp³-hybridized carbons (Fsp3) is 0.0625. The SMILES string of the molecule is Cc1ccc(/C=C/C=C/c2ccc3cc(/C=C/C=C/c4ccc(C)cc4)ccc3c2)cc1. The fourth-order valence-corrected chi connectivity index (χ4v) is 3.51. The van der Waals surface area contributed by atoms with Crippen LogP contribution in [0.5, 0.6) is 0 Å². The summed E-state index contributed by atoms with van der Waals surface area (Å²) in [5.74, 6) is 0. The number of rotatable bonds is 6. The van der Waals surface area contributed by atoms with Crippen LogP contribution >= 0.6 is 0 Å². The highest BCUT2D eigenvalue weighted by Gasteiger charge is 1.96. The van der Waals surface area contributed by atoms with E-state index in [-0.39, 0.29) is 0 Å². The standard InChI is InChI=1S/C32H28/c1-25-11-15-27(16-12-25)7-3-5-9-29-19-21-32-24-30(20-22-31(32)23-29)10-6-4-8-28-17-13-26(2)14-18-28/h3-24H,1-2H3/b7-3+,8-4+,9-5+,10-6+. The minimum atomic E-state index is 1.20. The van der Waals surface area contributed by atoms with Gasteiger partial charge in [-0.1, -0.05) is 133 Å². The van der Waals surface area contributed by atoms with Crippen LogP contribution in [0.1, 0.15) is 33.4 Å². The Morgan fingerprint density at radius 1 is 0.375 bits per heavy atom. The van der Waals surface area contributed by atoms with Gasteiger partial charge in [0, 0.05) is 0 Å². The van der Waals surface area contributed by atoms with Crippen molar-refractivity contribution in [3.63, 3.8) is 0 Å². The summed E-state index contributed by atoms with van der Waals surface area (Å²) in [5.41, 5.74) is 7.41. The van der Waals surface area contributed by atoms with E-state index in [4.69, 9.17) is 0 Å². The van der Waals surface area contributed by atoms with E-state index >= 15 is 0 Å². The molecule has 0 heteroatoms. The average Bonchev–Trinajstić information content (AvgIpc) is 2.82. The van der Waals surface area contributed by atoms with Crippen LogP contribution in [0.25, 0.3) is 35.1 Å². The topological polar surface area (TPSA) is 0 Å². The monoisotopic (exact) mass is 412 g/mol. The van der Waals surface area contributed by atoms with E-state index in [0.29, 0.717) is 0 Å². The smallest absolute Gasteiger partial charge is 0.0178 e. The lowest BCUT2D eigenvalue weighted by atomic mass is 10.0. The fourth-order valence-electron chi connectivity index (χ4n) is 3.51. The van der Waals surface area contributed by atoms with Crippen molar-refractivity contribution in [2.45, 2.75) is 13.8 Å². The van der Waals surface area contributed by atoms with Crippen molar-refractivity contribution >= 4 is 35.1 Å². The van der Waals surface area contributed by atoms with Crippen molar-refractivity contribution in [1.82, 2.24) is 0 Å². The van der Waals surface area contributed by atoms with Crippen LogP contribution in [-0.2, 0) is 0 Å². The molecule has 0 heterocycles. The van der Waals surface area contributed by atoms with Gasteiger partial charge in [-0.3, -0.25) is 0 Å². The number of benzene rings is 4. The first-order valence-corrected chi connectivity index (χ1v) is 11.0. The van der Waals surface area contributed by atoms with Crippen LogP contribution in [0.15, 0.2) is 109 Å². The maximum atomic E-state index is 2.23. The third-order valence-corrected chi connectivity index (χ3v) is 5.42. The highest BCUT2D eigenvalue weighted by atomic mass is 14.0. The molecule has 0 spiro atoms. The molecule has 32 heavy (non-hydrogen) atoms. The molecule has 0 aliphatic heterocycles. The zero-order valence-corrected chi connectivity index (χ0v) is 18.7. The number of hydrogen-bond donors (Lipinski definition) is 0. The summed E-state index contributed by atoms with van der Waals surface area (Å²) in [6.45, 7) is 4.21. The van der Waals surface area contributed by atoms with Crippen LogP contribution in [0.2, 0.25) is 0 Å². The molecule has 0 bridgehead atoms. The van der Waals surface area contributed by atoms with Gasteiger partial charge in [-0.05, 0) is 59.0 Å². The molecule has 0 fully saturated rings. The molecule has 0 N–H and O–H groups in total. The zero-order valence-electron chi connectivity index (χ0n) is 18.7. The van der Waals surface area contributed by atoms with E-state index in [1.165, 1.54) is 44.2 Å². The summed E-state index contributed by atoms with van der Waals surface area (Å²) in [7, 11) is 0. The molecule has 4 aromatic carbocycles. The second kappa shape index (κ2) is 10.4. The minimum Gasteiger partial charge on any atom is -0.0617 e. The Labute approximate surface area is 191 Å². The van der Waals surface area contributed by atoms with Crippen molar-refractivity contribution in [2.75, 3.05) is 0 Å². The van der Waals surface area contributed by atoms with Crippen molar-refractivity contribution in [3.8, 4) is 0 Å². The van der Waals surface area contributed by atoms with Crippen molar-refractivity contribution in [3.05, 3.63) is 143 Å². The molecule has 156 valence electrons. The van der Waals surface area contributed by atoms with Crippen LogP contribution in [-0.4, -0.2) is 0 Å². The summed E-state index contributed by atoms with van der Waals surface area (Å²) in [6, 6.07) is 30.3. The van der Waals surface area contributed by atoms with Gasteiger partial charge in [-0.25, -0.2) is 0 Å². The van der Waals surface area contributed by atoms with Gasteiger partial charge in [0.2, 0.25) is 0 Å². The highest BCUT2D eigenvalue weighted by Crippen LogP contribution is 2.20. The quantitative estimate of drug-likeness (QED) is 0.277. The van der Waals surface area contributed by atoms with E-state index in [2.05, 4.69) is 147 Å². The Kier molecular flexibility index (Phi) is 6.94.